The highest BCUT2D eigenvalue weighted by Gasteiger charge is 2.30. The van der Waals surface area contributed by atoms with Gasteiger partial charge >= 0.3 is 0 Å². The molecule has 0 saturated heterocycles. The molecule has 2 aromatic rings. The molecule has 2 atom stereocenters. The number of thiophene rings is 1. The van der Waals surface area contributed by atoms with E-state index in [2.05, 4.69) is 54.0 Å². The van der Waals surface area contributed by atoms with Gasteiger partial charge in [-0.1, -0.05) is 31.2 Å². The Balaban J connectivity index is 1.82. The van der Waals surface area contributed by atoms with Crippen LogP contribution in [-0.4, -0.2) is 11.8 Å². The fourth-order valence-corrected chi connectivity index (χ4v) is 4.88. The molecule has 2 heterocycles. The maximum atomic E-state index is 3.65. The lowest BCUT2D eigenvalue weighted by molar-refractivity contribution is 0.539. The van der Waals surface area contributed by atoms with Crippen LogP contribution in [0, 0.1) is 0 Å². The van der Waals surface area contributed by atoms with E-state index in [1.807, 2.05) is 23.1 Å². The third-order valence-corrected chi connectivity index (χ3v) is 5.67. The normalized spacial score (nSPS) is 19.7. The zero-order valence-electron chi connectivity index (χ0n) is 10.4. The average molecular weight is 275 g/mol. The third-order valence-electron chi connectivity index (χ3n) is 3.32. The van der Waals surface area contributed by atoms with E-state index in [9.17, 15) is 0 Å². The summed E-state index contributed by atoms with van der Waals surface area (Å²) in [5.74, 6) is 0. The van der Waals surface area contributed by atoms with Crippen molar-refractivity contribution < 1.29 is 0 Å². The molecular formula is C15H17NS2. The van der Waals surface area contributed by atoms with Gasteiger partial charge < -0.3 is 5.32 Å². The second-order valence-electron chi connectivity index (χ2n) is 4.52. The molecule has 2 unspecified atom stereocenters. The Morgan fingerprint density at radius 1 is 1.28 bits per heavy atom. The first-order chi connectivity index (χ1) is 8.88. The Morgan fingerprint density at radius 2 is 2.17 bits per heavy atom. The molecule has 1 aromatic heterocycles. The summed E-state index contributed by atoms with van der Waals surface area (Å²) in [4.78, 5) is 2.92. The molecule has 18 heavy (non-hydrogen) atoms. The SMILES string of the molecule is CCNC(c1cccs1)C1Cc2ccccc2S1. The first kappa shape index (κ1) is 12.3. The number of rotatable bonds is 4. The van der Waals surface area contributed by atoms with Crippen molar-refractivity contribution in [2.75, 3.05) is 6.54 Å². The van der Waals surface area contributed by atoms with E-state index in [1.165, 1.54) is 21.8 Å². The molecule has 1 aliphatic rings. The van der Waals surface area contributed by atoms with Gasteiger partial charge in [-0.05, 0) is 36.0 Å². The summed E-state index contributed by atoms with van der Waals surface area (Å²) in [6.45, 7) is 3.21. The zero-order valence-corrected chi connectivity index (χ0v) is 12.1. The van der Waals surface area contributed by atoms with E-state index in [0.717, 1.165) is 6.54 Å². The third kappa shape index (κ3) is 2.35. The second kappa shape index (κ2) is 5.47. The summed E-state index contributed by atoms with van der Waals surface area (Å²) in [5.41, 5.74) is 1.51. The van der Waals surface area contributed by atoms with E-state index in [-0.39, 0.29) is 0 Å². The van der Waals surface area contributed by atoms with Crippen LogP contribution in [0.1, 0.15) is 23.4 Å². The van der Waals surface area contributed by atoms with Crippen LogP contribution in [-0.2, 0) is 6.42 Å². The van der Waals surface area contributed by atoms with Crippen LogP contribution >= 0.6 is 23.1 Å². The van der Waals surface area contributed by atoms with Gasteiger partial charge in [0.2, 0.25) is 0 Å². The summed E-state index contributed by atoms with van der Waals surface area (Å²) >= 11 is 3.89. The van der Waals surface area contributed by atoms with Crippen molar-refractivity contribution in [1.82, 2.24) is 5.32 Å². The number of hydrogen-bond donors (Lipinski definition) is 1. The monoisotopic (exact) mass is 275 g/mol. The summed E-state index contributed by atoms with van der Waals surface area (Å²) in [5, 5.41) is 6.45. The summed E-state index contributed by atoms with van der Waals surface area (Å²) in [6.07, 6.45) is 1.18. The van der Waals surface area contributed by atoms with Gasteiger partial charge in [-0.25, -0.2) is 0 Å². The Morgan fingerprint density at radius 3 is 2.89 bits per heavy atom. The molecule has 3 heteroatoms. The number of benzene rings is 1. The molecule has 1 nitrogen and oxygen atoms in total. The minimum absolute atomic E-state index is 0.479. The predicted molar refractivity (Wildman–Crippen MR) is 80.5 cm³/mol. The van der Waals surface area contributed by atoms with Crippen molar-refractivity contribution in [2.45, 2.75) is 29.5 Å². The zero-order chi connectivity index (χ0) is 12.4. The van der Waals surface area contributed by atoms with Crippen molar-refractivity contribution in [3.05, 3.63) is 52.2 Å². The number of thioether (sulfide) groups is 1. The smallest absolute Gasteiger partial charge is 0.0542 e. The molecule has 0 fully saturated rings. The van der Waals surface area contributed by atoms with Gasteiger partial charge in [0, 0.05) is 15.0 Å². The van der Waals surface area contributed by atoms with Crippen molar-refractivity contribution in [2.24, 2.45) is 0 Å². The van der Waals surface area contributed by atoms with Crippen LogP contribution in [0.25, 0.3) is 0 Å². The standard InChI is InChI=1S/C15H17NS2/c1-2-16-15(13-8-5-9-17-13)14-10-11-6-3-4-7-12(11)18-14/h3-9,14-16H,2,10H2,1H3. The van der Waals surface area contributed by atoms with Crippen molar-refractivity contribution in [1.29, 1.82) is 0 Å². The van der Waals surface area contributed by atoms with E-state index in [1.54, 1.807) is 0 Å². The molecule has 0 saturated carbocycles. The van der Waals surface area contributed by atoms with Gasteiger partial charge in [0.25, 0.3) is 0 Å². The second-order valence-corrected chi connectivity index (χ2v) is 6.78. The summed E-state index contributed by atoms with van der Waals surface area (Å²) in [7, 11) is 0. The molecule has 94 valence electrons. The van der Waals surface area contributed by atoms with Crippen LogP contribution in [0.15, 0.2) is 46.7 Å². The first-order valence-electron chi connectivity index (χ1n) is 6.40. The Hall–Kier alpha value is -0.770. The van der Waals surface area contributed by atoms with Crippen LogP contribution in [0.4, 0.5) is 0 Å². The lowest BCUT2D eigenvalue weighted by atomic mass is 10.0. The first-order valence-corrected chi connectivity index (χ1v) is 8.15. The van der Waals surface area contributed by atoms with Crippen molar-refractivity contribution >= 4 is 23.1 Å². The highest BCUT2D eigenvalue weighted by Crippen LogP contribution is 2.43. The molecule has 1 N–H and O–H groups in total. The minimum Gasteiger partial charge on any atom is -0.309 e. The Kier molecular flexibility index (Phi) is 3.73. The van der Waals surface area contributed by atoms with Crippen LogP contribution < -0.4 is 5.32 Å². The molecule has 0 amide bonds. The molecule has 0 bridgehead atoms. The van der Waals surface area contributed by atoms with E-state index >= 15 is 0 Å². The number of fused-ring (bicyclic) bond motifs is 1. The molecule has 1 aliphatic heterocycles. The lowest BCUT2D eigenvalue weighted by Gasteiger charge is -2.22. The van der Waals surface area contributed by atoms with Gasteiger partial charge in [0.1, 0.15) is 0 Å². The van der Waals surface area contributed by atoms with Crippen LogP contribution in [0.2, 0.25) is 0 Å². The number of nitrogens with one attached hydrogen (secondary N) is 1. The molecule has 0 spiro atoms. The fraction of sp³-hybridized carbons (Fsp3) is 0.333. The van der Waals surface area contributed by atoms with Gasteiger partial charge in [0.05, 0.1) is 6.04 Å². The maximum Gasteiger partial charge on any atom is 0.0542 e. The Labute approximate surface area is 117 Å². The molecule has 0 radical (unpaired) electrons. The van der Waals surface area contributed by atoms with Gasteiger partial charge in [0.15, 0.2) is 0 Å². The topological polar surface area (TPSA) is 12.0 Å². The highest BCUT2D eigenvalue weighted by molar-refractivity contribution is 8.00. The fourth-order valence-electron chi connectivity index (χ4n) is 2.50. The largest absolute Gasteiger partial charge is 0.309 e. The molecule has 0 aliphatic carbocycles. The predicted octanol–water partition coefficient (Wildman–Crippen LogP) is 4.12. The van der Waals surface area contributed by atoms with Crippen LogP contribution in [0.5, 0.6) is 0 Å². The van der Waals surface area contributed by atoms with Crippen molar-refractivity contribution in [3.63, 3.8) is 0 Å². The van der Waals surface area contributed by atoms with E-state index < -0.39 is 0 Å². The van der Waals surface area contributed by atoms with Crippen LogP contribution in [0.3, 0.4) is 0 Å². The maximum absolute atomic E-state index is 3.65. The molecular weight excluding hydrogens is 258 g/mol. The highest BCUT2D eigenvalue weighted by atomic mass is 32.2. The van der Waals surface area contributed by atoms with Gasteiger partial charge in [-0.3, -0.25) is 0 Å². The van der Waals surface area contributed by atoms with Gasteiger partial charge in [-0.2, -0.15) is 0 Å². The van der Waals surface area contributed by atoms with E-state index in [4.69, 9.17) is 0 Å². The minimum atomic E-state index is 0.479. The average Bonchev–Trinajstić information content (AvgIpc) is 3.04. The quantitative estimate of drug-likeness (QED) is 0.901. The van der Waals surface area contributed by atoms with Crippen molar-refractivity contribution in [3.8, 4) is 0 Å². The molecule has 1 aromatic carbocycles. The van der Waals surface area contributed by atoms with Gasteiger partial charge in [-0.15, -0.1) is 23.1 Å². The summed E-state index contributed by atoms with van der Waals surface area (Å²) < 4.78 is 0. The number of hydrogen-bond acceptors (Lipinski definition) is 3. The molecule has 3 rings (SSSR count). The van der Waals surface area contributed by atoms with E-state index in [0.29, 0.717) is 11.3 Å². The Bertz CT molecular complexity index is 482. The summed E-state index contributed by atoms with van der Waals surface area (Å²) in [6, 6.07) is 13.7. The lowest BCUT2D eigenvalue weighted by Crippen LogP contribution is -2.29.